The second-order valence-electron chi connectivity index (χ2n) is 8.12. The second-order valence-corrected chi connectivity index (χ2v) is 8.12. The molecule has 144 valence electrons. The zero-order valence-corrected chi connectivity index (χ0v) is 16.8. The number of para-hydroxylation sites is 1. The monoisotopic (exact) mass is 367 g/mol. The lowest BCUT2D eigenvalue weighted by atomic mass is 9.86. The topological polar surface area (TPSA) is 71.1 Å². The van der Waals surface area contributed by atoms with Crippen molar-refractivity contribution in [2.75, 3.05) is 11.9 Å². The van der Waals surface area contributed by atoms with Crippen LogP contribution in [0.25, 0.3) is 0 Å². The fraction of sp³-hybridized carbons (Fsp3) is 0.409. The van der Waals surface area contributed by atoms with Crippen LogP contribution in [0, 0.1) is 5.92 Å². The summed E-state index contributed by atoms with van der Waals surface area (Å²) in [5.41, 5.74) is 2.39. The lowest BCUT2D eigenvalue weighted by Gasteiger charge is -2.23. The summed E-state index contributed by atoms with van der Waals surface area (Å²) in [6, 6.07) is 10.9. The van der Waals surface area contributed by atoms with E-state index in [9.17, 15) is 9.59 Å². The van der Waals surface area contributed by atoms with Gasteiger partial charge in [-0.2, -0.15) is 0 Å². The minimum absolute atomic E-state index is 0.0937. The molecule has 1 aromatic carbocycles. The van der Waals surface area contributed by atoms with Gasteiger partial charge in [0.05, 0.1) is 0 Å². The maximum absolute atomic E-state index is 12.7. The van der Waals surface area contributed by atoms with Crippen LogP contribution in [-0.2, 0) is 5.41 Å². The second kappa shape index (κ2) is 8.80. The number of aromatic nitrogens is 1. The molecule has 0 fully saturated rings. The van der Waals surface area contributed by atoms with Crippen LogP contribution in [0.5, 0.6) is 0 Å². The van der Waals surface area contributed by atoms with Crippen molar-refractivity contribution < 1.29 is 9.59 Å². The summed E-state index contributed by atoms with van der Waals surface area (Å²) in [6.45, 7) is 11.1. The summed E-state index contributed by atoms with van der Waals surface area (Å²) in [6.07, 6.45) is 2.39. The number of nitrogens with one attached hydrogen (secondary N) is 2. The number of nitrogens with zero attached hydrogens (tertiary/aromatic N) is 1. The largest absolute Gasteiger partial charge is 0.351 e. The van der Waals surface area contributed by atoms with E-state index in [1.807, 2.05) is 24.3 Å². The Bertz CT molecular complexity index is 807. The zero-order chi connectivity index (χ0) is 20.0. The molecular formula is C22H29N3O2. The van der Waals surface area contributed by atoms with E-state index >= 15 is 0 Å². The summed E-state index contributed by atoms with van der Waals surface area (Å²) in [7, 11) is 0. The molecule has 0 radical (unpaired) electrons. The van der Waals surface area contributed by atoms with E-state index in [-0.39, 0.29) is 22.9 Å². The van der Waals surface area contributed by atoms with E-state index in [0.29, 0.717) is 18.0 Å². The molecule has 5 heteroatoms. The van der Waals surface area contributed by atoms with Gasteiger partial charge in [-0.05, 0) is 41.5 Å². The Labute approximate surface area is 161 Å². The first-order chi connectivity index (χ1) is 12.7. The predicted molar refractivity (Wildman–Crippen MR) is 109 cm³/mol. The van der Waals surface area contributed by atoms with E-state index in [1.165, 1.54) is 12.3 Å². The van der Waals surface area contributed by atoms with Crippen LogP contribution in [0.4, 0.5) is 5.69 Å². The van der Waals surface area contributed by atoms with Crippen molar-refractivity contribution in [2.24, 2.45) is 5.92 Å². The van der Waals surface area contributed by atoms with Crippen LogP contribution in [-0.4, -0.2) is 23.3 Å². The van der Waals surface area contributed by atoms with Gasteiger partial charge in [-0.15, -0.1) is 0 Å². The van der Waals surface area contributed by atoms with Gasteiger partial charge in [0.1, 0.15) is 5.69 Å². The molecule has 2 N–H and O–H groups in total. The highest BCUT2D eigenvalue weighted by Crippen LogP contribution is 2.29. The van der Waals surface area contributed by atoms with Gasteiger partial charge >= 0.3 is 0 Å². The van der Waals surface area contributed by atoms with Crippen LogP contribution in [0.1, 0.15) is 67.4 Å². The Morgan fingerprint density at radius 1 is 1.07 bits per heavy atom. The Balaban J connectivity index is 2.13. The molecule has 2 aromatic rings. The molecule has 5 nitrogen and oxygen atoms in total. The van der Waals surface area contributed by atoms with Crippen LogP contribution in [0.15, 0.2) is 42.6 Å². The molecule has 1 aromatic heterocycles. The quantitative estimate of drug-likeness (QED) is 0.794. The van der Waals surface area contributed by atoms with Crippen molar-refractivity contribution in [1.82, 2.24) is 10.3 Å². The van der Waals surface area contributed by atoms with Gasteiger partial charge in [0, 0.05) is 24.0 Å². The third-order valence-corrected chi connectivity index (χ3v) is 4.25. The van der Waals surface area contributed by atoms with Crippen LogP contribution in [0.2, 0.25) is 0 Å². The highest BCUT2D eigenvalue weighted by atomic mass is 16.2. The van der Waals surface area contributed by atoms with Crippen molar-refractivity contribution in [3.8, 4) is 0 Å². The normalized spacial score (nSPS) is 11.3. The van der Waals surface area contributed by atoms with Crippen molar-refractivity contribution in [1.29, 1.82) is 0 Å². The van der Waals surface area contributed by atoms with Gasteiger partial charge in [0.25, 0.3) is 11.8 Å². The van der Waals surface area contributed by atoms with Crippen LogP contribution >= 0.6 is 0 Å². The molecular weight excluding hydrogens is 338 g/mol. The Kier molecular flexibility index (Phi) is 6.72. The average molecular weight is 367 g/mol. The van der Waals surface area contributed by atoms with Crippen molar-refractivity contribution in [3.05, 3.63) is 59.4 Å². The van der Waals surface area contributed by atoms with Crippen molar-refractivity contribution in [3.63, 3.8) is 0 Å². The number of rotatable bonds is 6. The minimum Gasteiger partial charge on any atom is -0.351 e. The highest BCUT2D eigenvalue weighted by molar-refractivity contribution is 6.06. The molecule has 0 unspecified atom stereocenters. The van der Waals surface area contributed by atoms with Gasteiger partial charge in [-0.3, -0.25) is 14.6 Å². The fourth-order valence-electron chi connectivity index (χ4n) is 2.70. The molecule has 0 spiro atoms. The highest BCUT2D eigenvalue weighted by Gasteiger charge is 2.19. The third kappa shape index (κ3) is 5.91. The lowest BCUT2D eigenvalue weighted by Crippen LogP contribution is -2.26. The van der Waals surface area contributed by atoms with E-state index in [0.717, 1.165) is 17.7 Å². The number of anilines is 1. The Hall–Kier alpha value is -2.69. The molecule has 27 heavy (non-hydrogen) atoms. The Morgan fingerprint density at radius 2 is 1.78 bits per heavy atom. The van der Waals surface area contributed by atoms with Gasteiger partial charge in [-0.1, -0.05) is 52.8 Å². The number of hydrogen-bond acceptors (Lipinski definition) is 3. The molecule has 0 aliphatic carbocycles. The Morgan fingerprint density at radius 3 is 2.44 bits per heavy atom. The van der Waals surface area contributed by atoms with Gasteiger partial charge in [0.15, 0.2) is 0 Å². The summed E-state index contributed by atoms with van der Waals surface area (Å²) in [5, 5.41) is 5.80. The molecule has 0 aliphatic heterocycles. The van der Waals surface area contributed by atoms with Gasteiger partial charge in [0.2, 0.25) is 0 Å². The van der Waals surface area contributed by atoms with Crippen LogP contribution in [0.3, 0.4) is 0 Å². The van der Waals surface area contributed by atoms with Crippen LogP contribution < -0.4 is 10.6 Å². The summed E-state index contributed by atoms with van der Waals surface area (Å²) < 4.78 is 0. The number of amides is 2. The maximum atomic E-state index is 12.7. The first kappa shape index (κ1) is 20.6. The minimum atomic E-state index is -0.264. The third-order valence-electron chi connectivity index (χ3n) is 4.25. The maximum Gasteiger partial charge on any atom is 0.269 e. The van der Waals surface area contributed by atoms with Gasteiger partial charge in [-0.25, -0.2) is 0 Å². The molecule has 0 saturated carbocycles. The van der Waals surface area contributed by atoms with E-state index in [4.69, 9.17) is 0 Å². The standard InChI is InChI=1S/C22H29N3O2/c1-15(2)10-12-24-21(27)19-14-16(11-13-23-19)20(26)25-18-9-7-6-8-17(18)22(3,4)5/h6-9,11,13-15H,10,12H2,1-5H3,(H,24,27)(H,25,26). The summed E-state index contributed by atoms with van der Waals surface area (Å²) in [4.78, 5) is 29.0. The van der Waals surface area contributed by atoms with Crippen molar-refractivity contribution in [2.45, 2.75) is 46.5 Å². The van der Waals surface area contributed by atoms with E-state index in [1.54, 1.807) is 6.07 Å². The number of pyridine rings is 1. The molecule has 1 heterocycles. The van der Waals surface area contributed by atoms with Crippen molar-refractivity contribution >= 4 is 17.5 Å². The van der Waals surface area contributed by atoms with Gasteiger partial charge < -0.3 is 10.6 Å². The molecule has 2 rings (SSSR count). The zero-order valence-electron chi connectivity index (χ0n) is 16.8. The van der Waals surface area contributed by atoms with E-state index < -0.39 is 0 Å². The molecule has 0 bridgehead atoms. The van der Waals surface area contributed by atoms with E-state index in [2.05, 4.69) is 50.2 Å². The molecule has 0 aliphatic rings. The first-order valence-electron chi connectivity index (χ1n) is 9.33. The summed E-state index contributed by atoms with van der Waals surface area (Å²) >= 11 is 0. The number of benzene rings is 1. The SMILES string of the molecule is CC(C)CCNC(=O)c1cc(C(=O)Nc2ccccc2C(C)(C)C)ccn1. The fourth-order valence-corrected chi connectivity index (χ4v) is 2.70. The summed E-state index contributed by atoms with van der Waals surface area (Å²) in [5.74, 6) is -0.0102. The molecule has 2 amide bonds. The molecule has 0 saturated heterocycles. The number of hydrogen-bond donors (Lipinski definition) is 2. The first-order valence-corrected chi connectivity index (χ1v) is 9.33. The molecule has 0 atom stereocenters. The smallest absolute Gasteiger partial charge is 0.269 e. The average Bonchev–Trinajstić information content (AvgIpc) is 2.61. The number of carbonyl (C=O) groups is 2. The lowest BCUT2D eigenvalue weighted by molar-refractivity contribution is 0.0947. The number of carbonyl (C=O) groups excluding carboxylic acids is 2. The predicted octanol–water partition coefficient (Wildman–Crippen LogP) is 4.41.